The van der Waals surface area contributed by atoms with Crippen molar-refractivity contribution in [2.75, 3.05) is 39.1 Å². The zero-order chi connectivity index (χ0) is 25.8. The normalized spacial score (nSPS) is 17.2. The standard InChI is InChI=1S/C18H14ClN3O.C9H21N3O/c19-15-7-5-14(6-8-15)17-10-11-20-18(22-17)21-16-3-1-2-13(12-23)4-9-16;1-10-9(7-13)11-8-3-5-12(2)6-4-8/h1,3-12H,2H2,(H,20,21,22);8-11,13H,3-7H2,1-2H3. The van der Waals surface area contributed by atoms with Crippen LogP contribution >= 0.6 is 11.6 Å². The van der Waals surface area contributed by atoms with Crippen LogP contribution in [0.5, 0.6) is 0 Å². The number of carbonyl (C=O) groups is 1. The second kappa shape index (κ2) is 14.6. The van der Waals surface area contributed by atoms with Crippen molar-refractivity contribution in [2.45, 2.75) is 31.5 Å². The first-order chi connectivity index (χ1) is 17.5. The van der Waals surface area contributed by atoms with Crippen LogP contribution in [-0.2, 0) is 4.79 Å². The van der Waals surface area contributed by atoms with Crippen LogP contribution in [0.3, 0.4) is 0 Å². The maximum absolute atomic E-state index is 10.8. The lowest BCUT2D eigenvalue weighted by atomic mass is 10.1. The minimum Gasteiger partial charge on any atom is -0.393 e. The number of benzene rings is 1. The maximum atomic E-state index is 10.8. The van der Waals surface area contributed by atoms with E-state index in [1.165, 1.54) is 12.8 Å². The molecule has 1 aromatic carbocycles. The lowest BCUT2D eigenvalue weighted by Crippen LogP contribution is -2.51. The van der Waals surface area contributed by atoms with E-state index < -0.39 is 0 Å². The van der Waals surface area contributed by atoms with Gasteiger partial charge in [0.05, 0.1) is 18.5 Å². The Morgan fingerprint density at radius 3 is 2.61 bits per heavy atom. The van der Waals surface area contributed by atoms with Gasteiger partial charge in [-0.25, -0.2) is 9.97 Å². The number of aldehydes is 1. The first-order valence-corrected chi connectivity index (χ1v) is 12.5. The number of aliphatic hydroxyl groups is 1. The number of likely N-dealkylation sites (N-methyl/N-ethyl adjacent to an activating group) is 1. The van der Waals surface area contributed by atoms with E-state index >= 15 is 0 Å². The molecule has 1 aliphatic heterocycles. The average molecular weight is 511 g/mol. The predicted molar refractivity (Wildman–Crippen MR) is 146 cm³/mol. The van der Waals surface area contributed by atoms with Gasteiger partial charge in [0.15, 0.2) is 0 Å². The molecule has 4 N–H and O–H groups in total. The minimum atomic E-state index is 0.0495. The number of hydrogen-bond acceptors (Lipinski definition) is 8. The van der Waals surface area contributed by atoms with Gasteiger partial charge in [-0.15, -0.1) is 0 Å². The van der Waals surface area contributed by atoms with Crippen LogP contribution in [0.2, 0.25) is 5.02 Å². The Balaban J connectivity index is 0.000000236. The van der Waals surface area contributed by atoms with Crippen molar-refractivity contribution in [3.63, 3.8) is 0 Å². The van der Waals surface area contributed by atoms with Crippen LogP contribution in [0.1, 0.15) is 19.3 Å². The second-order valence-corrected chi connectivity index (χ2v) is 9.19. The van der Waals surface area contributed by atoms with Crippen LogP contribution in [0.15, 0.2) is 72.1 Å². The fraction of sp³-hybridized carbons (Fsp3) is 0.370. The van der Waals surface area contributed by atoms with Crippen molar-refractivity contribution >= 4 is 23.8 Å². The first kappa shape index (κ1) is 27.7. The number of aromatic nitrogens is 2. The lowest BCUT2D eigenvalue weighted by Gasteiger charge is -2.32. The van der Waals surface area contributed by atoms with Gasteiger partial charge < -0.3 is 20.6 Å². The van der Waals surface area contributed by atoms with Crippen molar-refractivity contribution in [3.8, 4) is 11.3 Å². The molecule has 2 heterocycles. The summed E-state index contributed by atoms with van der Waals surface area (Å²) in [7, 11) is 4.01. The lowest BCUT2D eigenvalue weighted by molar-refractivity contribution is -0.105. The van der Waals surface area contributed by atoms with E-state index in [-0.39, 0.29) is 12.8 Å². The van der Waals surface area contributed by atoms with Crippen molar-refractivity contribution in [3.05, 3.63) is 77.1 Å². The van der Waals surface area contributed by atoms with Gasteiger partial charge in [-0.3, -0.25) is 10.1 Å². The molecule has 0 saturated carbocycles. The Kier molecular flexibility index (Phi) is 11.3. The Bertz CT molecular complexity index is 1060. The Hall–Kier alpha value is -2.88. The molecule has 4 rings (SSSR count). The first-order valence-electron chi connectivity index (χ1n) is 12.1. The third-order valence-corrected chi connectivity index (χ3v) is 6.27. The highest BCUT2D eigenvalue weighted by atomic mass is 35.5. The van der Waals surface area contributed by atoms with Crippen LogP contribution in [-0.4, -0.2) is 72.3 Å². The predicted octanol–water partition coefficient (Wildman–Crippen LogP) is 3.39. The summed E-state index contributed by atoms with van der Waals surface area (Å²) in [4.78, 5) is 21.9. The van der Waals surface area contributed by atoms with Crippen LogP contribution < -0.4 is 16.0 Å². The number of nitrogens with zero attached hydrogens (tertiary/aromatic N) is 3. The SMILES string of the molecule is CNC(CO)NC1CCN(C)CC1.O=CC1=CC=C(Nc2nccc(-c3ccc(Cl)cc3)n2)C=CC1. The number of aliphatic hydroxyl groups excluding tert-OH is 1. The van der Waals surface area contributed by atoms with E-state index in [0.717, 1.165) is 41.9 Å². The van der Waals surface area contributed by atoms with Gasteiger partial charge in [-0.2, -0.15) is 0 Å². The van der Waals surface area contributed by atoms with Gasteiger partial charge in [-0.1, -0.05) is 35.9 Å². The smallest absolute Gasteiger partial charge is 0.227 e. The number of piperidine rings is 1. The summed E-state index contributed by atoms with van der Waals surface area (Å²) < 4.78 is 0. The number of hydrogen-bond donors (Lipinski definition) is 4. The number of rotatable bonds is 8. The number of likely N-dealkylation sites (tertiary alicyclic amines) is 1. The zero-order valence-electron chi connectivity index (χ0n) is 20.8. The highest BCUT2D eigenvalue weighted by molar-refractivity contribution is 6.30. The molecular weight excluding hydrogens is 476 g/mol. The Morgan fingerprint density at radius 2 is 1.94 bits per heavy atom. The van der Waals surface area contributed by atoms with Gasteiger partial charge >= 0.3 is 0 Å². The summed E-state index contributed by atoms with van der Waals surface area (Å²) in [6.07, 6.45) is 13.0. The van der Waals surface area contributed by atoms with Gasteiger partial charge in [0, 0.05) is 28.5 Å². The summed E-state index contributed by atoms with van der Waals surface area (Å²) in [6, 6.07) is 9.89. The van der Waals surface area contributed by atoms with Gasteiger partial charge in [0.25, 0.3) is 0 Å². The van der Waals surface area contributed by atoms with E-state index in [4.69, 9.17) is 16.7 Å². The molecule has 1 aromatic heterocycles. The molecule has 1 atom stereocenters. The maximum Gasteiger partial charge on any atom is 0.227 e. The number of anilines is 1. The van der Waals surface area contributed by atoms with Gasteiger partial charge in [0.1, 0.15) is 6.29 Å². The molecule has 192 valence electrons. The highest BCUT2D eigenvalue weighted by Crippen LogP contribution is 2.21. The van der Waals surface area contributed by atoms with Gasteiger partial charge in [0.2, 0.25) is 5.95 Å². The second-order valence-electron chi connectivity index (χ2n) is 8.75. The van der Waals surface area contributed by atoms with E-state index in [0.29, 0.717) is 23.4 Å². The van der Waals surface area contributed by atoms with Crippen molar-refractivity contribution < 1.29 is 9.90 Å². The molecule has 9 heteroatoms. The van der Waals surface area contributed by atoms with Gasteiger partial charge in [-0.05, 0) is 82.4 Å². The molecule has 2 aromatic rings. The van der Waals surface area contributed by atoms with Crippen molar-refractivity contribution in [2.24, 2.45) is 0 Å². The molecule has 36 heavy (non-hydrogen) atoms. The average Bonchev–Trinajstić information content (AvgIpc) is 3.14. The fourth-order valence-electron chi connectivity index (χ4n) is 3.83. The van der Waals surface area contributed by atoms with E-state index in [1.54, 1.807) is 12.3 Å². The molecule has 0 spiro atoms. The zero-order valence-corrected chi connectivity index (χ0v) is 21.6. The molecule has 0 bridgehead atoms. The molecule has 1 aliphatic carbocycles. The molecule has 0 radical (unpaired) electrons. The fourth-order valence-corrected chi connectivity index (χ4v) is 3.96. The van der Waals surface area contributed by atoms with Crippen LogP contribution in [0.25, 0.3) is 11.3 Å². The molecule has 1 fully saturated rings. The Labute approximate surface area is 218 Å². The molecular formula is C27H35ClN6O2. The van der Waals surface area contributed by atoms with Crippen molar-refractivity contribution in [1.29, 1.82) is 0 Å². The summed E-state index contributed by atoms with van der Waals surface area (Å²) >= 11 is 5.91. The third-order valence-electron chi connectivity index (χ3n) is 6.02. The topological polar surface area (TPSA) is 102 Å². The molecule has 8 nitrogen and oxygen atoms in total. The monoisotopic (exact) mass is 510 g/mol. The molecule has 1 saturated heterocycles. The molecule has 2 aliphatic rings. The highest BCUT2D eigenvalue weighted by Gasteiger charge is 2.18. The van der Waals surface area contributed by atoms with Crippen LogP contribution in [0.4, 0.5) is 5.95 Å². The minimum absolute atomic E-state index is 0.0495. The number of nitrogens with one attached hydrogen (secondary N) is 3. The summed E-state index contributed by atoms with van der Waals surface area (Å²) in [5.41, 5.74) is 3.33. The number of halogens is 1. The van der Waals surface area contributed by atoms with E-state index in [1.807, 2.05) is 55.6 Å². The summed E-state index contributed by atoms with van der Waals surface area (Å²) in [6.45, 7) is 2.46. The third kappa shape index (κ3) is 8.96. The molecule has 0 amide bonds. The molecule has 1 unspecified atom stereocenters. The number of allylic oxidation sites excluding steroid dienone is 5. The summed E-state index contributed by atoms with van der Waals surface area (Å²) in [5.74, 6) is 0.497. The largest absolute Gasteiger partial charge is 0.393 e. The van der Waals surface area contributed by atoms with E-state index in [2.05, 4.69) is 37.9 Å². The van der Waals surface area contributed by atoms with Crippen molar-refractivity contribution in [1.82, 2.24) is 25.5 Å². The van der Waals surface area contributed by atoms with E-state index in [9.17, 15) is 4.79 Å². The number of carbonyl (C=O) groups excluding carboxylic acids is 1. The summed E-state index contributed by atoms with van der Waals surface area (Å²) in [5, 5.41) is 19.2. The van der Waals surface area contributed by atoms with Crippen LogP contribution in [0, 0.1) is 0 Å². The quantitative estimate of drug-likeness (QED) is 0.316. The Morgan fingerprint density at radius 1 is 1.19 bits per heavy atom.